The Bertz CT molecular complexity index is 946. The summed E-state index contributed by atoms with van der Waals surface area (Å²) in [5.74, 6) is 0.522. The van der Waals surface area contributed by atoms with E-state index in [1.54, 1.807) is 7.11 Å². The molecule has 1 N–H and O–H groups in total. The van der Waals surface area contributed by atoms with E-state index < -0.39 is 5.60 Å². The predicted molar refractivity (Wildman–Crippen MR) is 106 cm³/mol. The molecule has 0 spiro atoms. The van der Waals surface area contributed by atoms with Gasteiger partial charge >= 0.3 is 5.97 Å². The largest absolute Gasteiger partial charge is 0.497 e. The molecule has 1 aliphatic rings. The molecule has 0 saturated carbocycles. The highest BCUT2D eigenvalue weighted by Gasteiger charge is 2.38. The standard InChI is InChI=1S/C23H23NO3/c1-26-21-10-9-17-15-19(8-7-18(17)16-21)22(25)27-23(11-13-24-14-12-23)20-5-3-2-4-6-20/h2-10,15-16,24H,11-14H2,1H3. The summed E-state index contributed by atoms with van der Waals surface area (Å²) in [5.41, 5.74) is 1.06. The lowest BCUT2D eigenvalue weighted by atomic mass is 9.84. The highest BCUT2D eigenvalue weighted by Crippen LogP contribution is 2.36. The Labute approximate surface area is 159 Å². The van der Waals surface area contributed by atoms with Crippen molar-refractivity contribution < 1.29 is 14.3 Å². The van der Waals surface area contributed by atoms with Crippen LogP contribution in [0.3, 0.4) is 0 Å². The molecule has 1 saturated heterocycles. The van der Waals surface area contributed by atoms with E-state index in [4.69, 9.17) is 9.47 Å². The number of fused-ring (bicyclic) bond motifs is 1. The molecule has 27 heavy (non-hydrogen) atoms. The molecule has 3 aromatic rings. The van der Waals surface area contributed by atoms with Crippen LogP contribution >= 0.6 is 0 Å². The number of hydrogen-bond acceptors (Lipinski definition) is 4. The smallest absolute Gasteiger partial charge is 0.339 e. The van der Waals surface area contributed by atoms with Gasteiger partial charge in [-0.25, -0.2) is 4.79 Å². The summed E-state index contributed by atoms with van der Waals surface area (Å²) in [4.78, 5) is 13.0. The summed E-state index contributed by atoms with van der Waals surface area (Å²) in [6, 6.07) is 21.5. The average molecular weight is 361 g/mol. The lowest BCUT2D eigenvalue weighted by Crippen LogP contribution is -2.43. The summed E-state index contributed by atoms with van der Waals surface area (Å²) >= 11 is 0. The van der Waals surface area contributed by atoms with Gasteiger partial charge in [0.2, 0.25) is 0 Å². The molecule has 0 aromatic heterocycles. The van der Waals surface area contributed by atoms with E-state index in [1.165, 1.54) is 0 Å². The number of esters is 1. The number of benzene rings is 3. The molecular weight excluding hydrogens is 338 g/mol. The summed E-state index contributed by atoms with van der Waals surface area (Å²) < 4.78 is 11.4. The van der Waals surface area contributed by atoms with Crippen molar-refractivity contribution in [1.82, 2.24) is 5.32 Å². The molecule has 0 bridgehead atoms. The van der Waals surface area contributed by atoms with Gasteiger partial charge in [0, 0.05) is 12.8 Å². The van der Waals surface area contributed by atoms with Gasteiger partial charge in [0.05, 0.1) is 12.7 Å². The third-order valence-electron chi connectivity index (χ3n) is 5.28. The Morgan fingerprint density at radius 1 is 0.926 bits per heavy atom. The van der Waals surface area contributed by atoms with Gasteiger partial charge in [-0.05, 0) is 53.7 Å². The second-order valence-corrected chi connectivity index (χ2v) is 6.93. The van der Waals surface area contributed by atoms with E-state index in [0.717, 1.165) is 48.0 Å². The van der Waals surface area contributed by atoms with Crippen LogP contribution in [0.2, 0.25) is 0 Å². The first-order valence-electron chi connectivity index (χ1n) is 9.28. The van der Waals surface area contributed by atoms with Gasteiger partial charge in [0.25, 0.3) is 0 Å². The van der Waals surface area contributed by atoms with Crippen LogP contribution in [0.25, 0.3) is 10.8 Å². The molecule has 0 radical (unpaired) electrons. The van der Waals surface area contributed by atoms with E-state index in [-0.39, 0.29) is 5.97 Å². The van der Waals surface area contributed by atoms with E-state index in [1.807, 2.05) is 66.7 Å². The number of methoxy groups -OCH3 is 1. The number of piperidine rings is 1. The number of carbonyl (C=O) groups is 1. The minimum Gasteiger partial charge on any atom is -0.497 e. The van der Waals surface area contributed by atoms with Crippen LogP contribution in [0.1, 0.15) is 28.8 Å². The highest BCUT2D eigenvalue weighted by atomic mass is 16.6. The molecule has 1 aliphatic heterocycles. The zero-order valence-electron chi connectivity index (χ0n) is 15.4. The molecule has 3 aromatic carbocycles. The average Bonchev–Trinajstić information content (AvgIpc) is 2.74. The number of ether oxygens (including phenoxy) is 2. The topological polar surface area (TPSA) is 47.6 Å². The van der Waals surface area contributed by atoms with Crippen LogP contribution in [0.5, 0.6) is 5.75 Å². The molecule has 0 unspecified atom stereocenters. The van der Waals surface area contributed by atoms with Gasteiger partial charge in [-0.15, -0.1) is 0 Å². The van der Waals surface area contributed by atoms with Gasteiger partial charge in [-0.2, -0.15) is 0 Å². The molecule has 4 heteroatoms. The number of rotatable bonds is 4. The lowest BCUT2D eigenvalue weighted by molar-refractivity contribution is -0.0378. The zero-order chi connectivity index (χ0) is 18.7. The molecule has 4 rings (SSSR count). The Morgan fingerprint density at radius 3 is 2.37 bits per heavy atom. The van der Waals surface area contributed by atoms with Crippen LogP contribution in [-0.2, 0) is 10.3 Å². The third-order valence-corrected chi connectivity index (χ3v) is 5.28. The Hall–Kier alpha value is -2.85. The molecular formula is C23H23NO3. The fraction of sp³-hybridized carbons (Fsp3) is 0.261. The van der Waals surface area contributed by atoms with Crippen LogP contribution in [-0.4, -0.2) is 26.2 Å². The maximum absolute atomic E-state index is 13.0. The Morgan fingerprint density at radius 2 is 1.63 bits per heavy atom. The maximum atomic E-state index is 13.0. The van der Waals surface area contributed by atoms with Crippen molar-refractivity contribution in [2.75, 3.05) is 20.2 Å². The minimum atomic E-state index is -0.571. The molecule has 138 valence electrons. The van der Waals surface area contributed by atoms with Gasteiger partial charge in [0.1, 0.15) is 11.4 Å². The third kappa shape index (κ3) is 3.53. The fourth-order valence-corrected chi connectivity index (χ4v) is 3.74. The van der Waals surface area contributed by atoms with E-state index in [9.17, 15) is 4.79 Å². The van der Waals surface area contributed by atoms with Crippen molar-refractivity contribution in [2.45, 2.75) is 18.4 Å². The summed E-state index contributed by atoms with van der Waals surface area (Å²) in [6.45, 7) is 1.67. The minimum absolute atomic E-state index is 0.279. The van der Waals surface area contributed by atoms with Crippen molar-refractivity contribution in [2.24, 2.45) is 0 Å². The molecule has 1 fully saturated rings. The van der Waals surface area contributed by atoms with Crippen LogP contribution < -0.4 is 10.1 Å². The quantitative estimate of drug-likeness (QED) is 0.705. The Balaban J connectivity index is 1.64. The number of nitrogens with one attached hydrogen (secondary N) is 1. The maximum Gasteiger partial charge on any atom is 0.339 e. The summed E-state index contributed by atoms with van der Waals surface area (Å²) in [5, 5.41) is 5.38. The van der Waals surface area contributed by atoms with E-state index >= 15 is 0 Å². The predicted octanol–water partition coefficient (Wildman–Crippen LogP) is 4.28. The van der Waals surface area contributed by atoms with Crippen molar-refractivity contribution in [3.63, 3.8) is 0 Å². The van der Waals surface area contributed by atoms with E-state index in [0.29, 0.717) is 5.56 Å². The lowest BCUT2D eigenvalue weighted by Gasteiger charge is -2.37. The van der Waals surface area contributed by atoms with Gasteiger partial charge in [0.15, 0.2) is 0 Å². The van der Waals surface area contributed by atoms with Crippen LogP contribution in [0.4, 0.5) is 0 Å². The molecule has 1 heterocycles. The first-order valence-corrected chi connectivity index (χ1v) is 9.28. The van der Waals surface area contributed by atoms with Gasteiger partial charge < -0.3 is 14.8 Å². The van der Waals surface area contributed by atoms with E-state index in [2.05, 4.69) is 5.32 Å². The second-order valence-electron chi connectivity index (χ2n) is 6.93. The first-order chi connectivity index (χ1) is 13.2. The number of hydrogen-bond donors (Lipinski definition) is 1. The summed E-state index contributed by atoms with van der Waals surface area (Å²) in [7, 11) is 1.65. The van der Waals surface area contributed by atoms with Crippen LogP contribution in [0.15, 0.2) is 66.7 Å². The highest BCUT2D eigenvalue weighted by molar-refractivity contribution is 5.96. The normalized spacial score (nSPS) is 16.0. The SMILES string of the molecule is COc1ccc2cc(C(=O)OC3(c4ccccc4)CCNCC3)ccc2c1. The summed E-state index contributed by atoms with van der Waals surface area (Å²) in [6.07, 6.45) is 1.54. The molecule has 0 aliphatic carbocycles. The number of carbonyl (C=O) groups excluding carboxylic acids is 1. The molecule has 0 amide bonds. The fourth-order valence-electron chi connectivity index (χ4n) is 3.74. The molecule has 0 atom stereocenters. The van der Waals surface area contributed by atoms with Crippen LogP contribution in [0, 0.1) is 0 Å². The molecule has 4 nitrogen and oxygen atoms in total. The van der Waals surface area contributed by atoms with Crippen molar-refractivity contribution in [1.29, 1.82) is 0 Å². The monoisotopic (exact) mass is 361 g/mol. The van der Waals surface area contributed by atoms with Crippen molar-refractivity contribution in [3.8, 4) is 5.75 Å². The van der Waals surface area contributed by atoms with Gasteiger partial charge in [-0.3, -0.25) is 0 Å². The Kier molecular flexibility index (Phi) is 4.82. The second kappa shape index (κ2) is 7.41. The van der Waals surface area contributed by atoms with Crippen molar-refractivity contribution in [3.05, 3.63) is 77.9 Å². The zero-order valence-corrected chi connectivity index (χ0v) is 15.4. The first kappa shape index (κ1) is 17.6. The van der Waals surface area contributed by atoms with Gasteiger partial charge in [-0.1, -0.05) is 42.5 Å². The van der Waals surface area contributed by atoms with Crippen molar-refractivity contribution >= 4 is 16.7 Å².